The van der Waals surface area contributed by atoms with E-state index in [2.05, 4.69) is 15.6 Å². The fourth-order valence-electron chi connectivity index (χ4n) is 2.55. The van der Waals surface area contributed by atoms with Crippen molar-refractivity contribution in [3.63, 3.8) is 0 Å². The Labute approximate surface area is 175 Å². The minimum absolute atomic E-state index is 0.0608. The van der Waals surface area contributed by atoms with Crippen molar-refractivity contribution in [3.8, 4) is 5.75 Å². The Bertz CT molecular complexity index is 1010. The SMILES string of the molecule is O=C(NCc1cccc(C(F)(F)F)c1)Nc1ccc(OCc2ccccn2)c(Cl)c1. The monoisotopic (exact) mass is 435 g/mol. The van der Waals surface area contributed by atoms with Crippen LogP contribution in [0.2, 0.25) is 5.02 Å². The molecule has 0 radical (unpaired) electrons. The van der Waals surface area contributed by atoms with Gasteiger partial charge in [-0.25, -0.2) is 4.79 Å². The Kier molecular flexibility index (Phi) is 6.79. The molecule has 0 spiro atoms. The lowest BCUT2D eigenvalue weighted by atomic mass is 10.1. The van der Waals surface area contributed by atoms with Gasteiger partial charge in [-0.2, -0.15) is 13.2 Å². The summed E-state index contributed by atoms with van der Waals surface area (Å²) < 4.78 is 43.9. The number of pyridine rings is 1. The van der Waals surface area contributed by atoms with Gasteiger partial charge < -0.3 is 15.4 Å². The fourth-order valence-corrected chi connectivity index (χ4v) is 2.78. The summed E-state index contributed by atoms with van der Waals surface area (Å²) in [7, 11) is 0. The van der Waals surface area contributed by atoms with Gasteiger partial charge >= 0.3 is 12.2 Å². The maximum atomic E-state index is 12.8. The molecule has 3 rings (SSSR count). The van der Waals surface area contributed by atoms with E-state index in [9.17, 15) is 18.0 Å². The summed E-state index contributed by atoms with van der Waals surface area (Å²) in [6, 6.07) is 14.4. The minimum Gasteiger partial charge on any atom is -0.486 e. The molecule has 0 fully saturated rings. The Morgan fingerprint density at radius 1 is 1.07 bits per heavy atom. The number of aromatic nitrogens is 1. The molecule has 0 unspecified atom stereocenters. The van der Waals surface area contributed by atoms with E-state index in [1.165, 1.54) is 18.2 Å². The van der Waals surface area contributed by atoms with Gasteiger partial charge in [-0.3, -0.25) is 4.98 Å². The molecule has 5 nitrogen and oxygen atoms in total. The van der Waals surface area contributed by atoms with Crippen molar-refractivity contribution in [2.75, 3.05) is 5.32 Å². The van der Waals surface area contributed by atoms with Crippen LogP contribution in [0.4, 0.5) is 23.7 Å². The average molecular weight is 436 g/mol. The van der Waals surface area contributed by atoms with Crippen LogP contribution in [0.1, 0.15) is 16.8 Å². The topological polar surface area (TPSA) is 63.2 Å². The molecule has 30 heavy (non-hydrogen) atoms. The number of benzene rings is 2. The first kappa shape index (κ1) is 21.4. The van der Waals surface area contributed by atoms with Gasteiger partial charge in [-0.05, 0) is 48.0 Å². The van der Waals surface area contributed by atoms with Crippen LogP contribution >= 0.6 is 11.6 Å². The molecule has 2 N–H and O–H groups in total. The number of carbonyl (C=O) groups excluding carboxylic acids is 1. The third kappa shape index (κ3) is 6.12. The molecular formula is C21H17ClF3N3O2. The number of ether oxygens (including phenoxy) is 1. The van der Waals surface area contributed by atoms with Gasteiger partial charge in [0.05, 0.1) is 16.3 Å². The molecule has 2 amide bonds. The molecule has 0 aliphatic carbocycles. The Morgan fingerprint density at radius 3 is 2.60 bits per heavy atom. The van der Waals surface area contributed by atoms with Crippen molar-refractivity contribution >= 4 is 23.3 Å². The van der Waals surface area contributed by atoms with Crippen LogP contribution in [0.25, 0.3) is 0 Å². The van der Waals surface area contributed by atoms with Crippen LogP contribution < -0.4 is 15.4 Å². The van der Waals surface area contributed by atoms with E-state index >= 15 is 0 Å². The van der Waals surface area contributed by atoms with E-state index in [0.717, 1.165) is 17.8 Å². The summed E-state index contributed by atoms with van der Waals surface area (Å²) in [4.78, 5) is 16.2. The van der Waals surface area contributed by atoms with Gasteiger partial charge in [0.2, 0.25) is 0 Å². The molecule has 2 aromatic carbocycles. The predicted molar refractivity (Wildman–Crippen MR) is 107 cm³/mol. The number of amides is 2. The highest BCUT2D eigenvalue weighted by Gasteiger charge is 2.30. The second-order valence-electron chi connectivity index (χ2n) is 6.26. The average Bonchev–Trinajstić information content (AvgIpc) is 2.72. The lowest BCUT2D eigenvalue weighted by Crippen LogP contribution is -2.28. The third-order valence-corrected chi connectivity index (χ3v) is 4.29. The summed E-state index contributed by atoms with van der Waals surface area (Å²) in [5.41, 5.74) is 0.711. The van der Waals surface area contributed by atoms with Gasteiger partial charge in [0.1, 0.15) is 12.4 Å². The second kappa shape index (κ2) is 9.49. The van der Waals surface area contributed by atoms with Crippen LogP contribution in [0, 0.1) is 0 Å². The lowest BCUT2D eigenvalue weighted by Gasteiger charge is -2.12. The van der Waals surface area contributed by atoms with Gasteiger partial charge in [0.15, 0.2) is 0 Å². The maximum absolute atomic E-state index is 12.8. The van der Waals surface area contributed by atoms with Crippen LogP contribution in [-0.2, 0) is 19.3 Å². The normalized spacial score (nSPS) is 11.1. The number of hydrogen-bond acceptors (Lipinski definition) is 3. The van der Waals surface area contributed by atoms with Crippen LogP contribution in [0.3, 0.4) is 0 Å². The number of alkyl halides is 3. The standard InChI is InChI=1S/C21H17ClF3N3O2/c22-18-11-16(7-8-19(18)30-13-17-6-1-2-9-26-17)28-20(29)27-12-14-4-3-5-15(10-14)21(23,24)25/h1-11H,12-13H2,(H2,27,28,29). The summed E-state index contributed by atoms with van der Waals surface area (Å²) in [5, 5.41) is 5.37. The summed E-state index contributed by atoms with van der Waals surface area (Å²) in [5.74, 6) is 0.428. The quantitative estimate of drug-likeness (QED) is 0.525. The lowest BCUT2D eigenvalue weighted by molar-refractivity contribution is -0.137. The Hall–Kier alpha value is -3.26. The van der Waals surface area contributed by atoms with Crippen molar-refractivity contribution < 1.29 is 22.7 Å². The molecule has 1 heterocycles. The van der Waals surface area contributed by atoms with Crippen molar-refractivity contribution in [1.29, 1.82) is 0 Å². The largest absolute Gasteiger partial charge is 0.486 e. The first-order valence-corrected chi connectivity index (χ1v) is 9.22. The molecule has 0 saturated carbocycles. The summed E-state index contributed by atoms with van der Waals surface area (Å²) in [6.07, 6.45) is -2.78. The van der Waals surface area contributed by atoms with E-state index in [4.69, 9.17) is 16.3 Å². The van der Waals surface area contributed by atoms with Crippen molar-refractivity contribution in [3.05, 3.63) is 88.7 Å². The Morgan fingerprint density at radius 2 is 1.90 bits per heavy atom. The highest BCUT2D eigenvalue weighted by Crippen LogP contribution is 2.30. The van der Waals surface area contributed by atoms with Crippen molar-refractivity contribution in [2.24, 2.45) is 0 Å². The molecule has 156 valence electrons. The van der Waals surface area contributed by atoms with E-state index in [1.807, 2.05) is 12.1 Å². The first-order valence-electron chi connectivity index (χ1n) is 8.84. The number of nitrogens with one attached hydrogen (secondary N) is 2. The van der Waals surface area contributed by atoms with Gasteiger partial charge in [0.25, 0.3) is 0 Å². The van der Waals surface area contributed by atoms with Gasteiger partial charge in [-0.1, -0.05) is 29.8 Å². The number of hydrogen-bond donors (Lipinski definition) is 2. The molecule has 0 saturated heterocycles. The van der Waals surface area contributed by atoms with Crippen LogP contribution in [0.5, 0.6) is 5.75 Å². The van der Waals surface area contributed by atoms with E-state index in [-0.39, 0.29) is 13.2 Å². The van der Waals surface area contributed by atoms with E-state index in [1.54, 1.807) is 24.4 Å². The number of nitrogens with zero attached hydrogens (tertiary/aromatic N) is 1. The molecule has 0 atom stereocenters. The van der Waals surface area contributed by atoms with E-state index < -0.39 is 17.8 Å². The molecular weight excluding hydrogens is 419 g/mol. The first-order chi connectivity index (χ1) is 14.3. The predicted octanol–water partition coefficient (Wildman–Crippen LogP) is 5.65. The maximum Gasteiger partial charge on any atom is 0.416 e. The number of rotatable bonds is 6. The number of anilines is 1. The molecule has 1 aromatic heterocycles. The van der Waals surface area contributed by atoms with E-state index in [0.29, 0.717) is 22.0 Å². The van der Waals surface area contributed by atoms with Crippen LogP contribution in [0.15, 0.2) is 66.9 Å². The van der Waals surface area contributed by atoms with Crippen molar-refractivity contribution in [1.82, 2.24) is 10.3 Å². The zero-order valence-electron chi connectivity index (χ0n) is 15.5. The molecule has 0 aliphatic rings. The zero-order valence-corrected chi connectivity index (χ0v) is 16.3. The molecule has 3 aromatic rings. The summed E-state index contributed by atoms with van der Waals surface area (Å²) in [6.45, 7) is 0.180. The number of carbonyl (C=O) groups is 1. The third-order valence-electron chi connectivity index (χ3n) is 4.00. The smallest absolute Gasteiger partial charge is 0.416 e. The fraction of sp³-hybridized carbons (Fsp3) is 0.143. The Balaban J connectivity index is 1.53. The van der Waals surface area contributed by atoms with Gasteiger partial charge in [0, 0.05) is 18.4 Å². The zero-order chi connectivity index (χ0) is 21.6. The molecule has 9 heteroatoms. The second-order valence-corrected chi connectivity index (χ2v) is 6.67. The highest BCUT2D eigenvalue weighted by molar-refractivity contribution is 6.32. The van der Waals surface area contributed by atoms with Crippen molar-refractivity contribution in [2.45, 2.75) is 19.3 Å². The minimum atomic E-state index is -4.44. The molecule has 0 bridgehead atoms. The molecule has 0 aliphatic heterocycles. The summed E-state index contributed by atoms with van der Waals surface area (Å²) >= 11 is 6.19. The number of halogens is 4. The number of urea groups is 1. The van der Waals surface area contributed by atoms with Gasteiger partial charge in [-0.15, -0.1) is 0 Å². The highest BCUT2D eigenvalue weighted by atomic mass is 35.5. The van der Waals surface area contributed by atoms with Crippen LogP contribution in [-0.4, -0.2) is 11.0 Å².